The minimum absolute atomic E-state index is 0.214. The summed E-state index contributed by atoms with van der Waals surface area (Å²) in [5.74, 6) is 15.4. The molecule has 0 aliphatic carbocycles. The maximum Gasteiger partial charge on any atom is 0.331 e. The minimum atomic E-state index is -0.306. The van der Waals surface area contributed by atoms with Gasteiger partial charge in [0.15, 0.2) is 0 Å². The molecule has 1 rings (SSSR count). The van der Waals surface area contributed by atoms with Crippen LogP contribution >= 0.6 is 0 Å². The third-order valence-corrected chi connectivity index (χ3v) is 1.42. The quantitative estimate of drug-likeness (QED) is 0.447. The number of carbonyl (C=O) groups is 1. The Labute approximate surface area is 83.3 Å². The molecule has 1 aliphatic heterocycles. The molecule has 0 spiro atoms. The Kier molecular flexibility index (Phi) is 3.93. The standard InChI is InChI=1S/C12H8O2/c1-2-3-4-5-6-7-8-11-9-10-12(13)14-11/h9-11H,8H2,1H3/t11-/m0/s1. The maximum absolute atomic E-state index is 10.6. The van der Waals surface area contributed by atoms with Crippen molar-refractivity contribution in [3.8, 4) is 35.5 Å². The van der Waals surface area contributed by atoms with Crippen molar-refractivity contribution in [3.05, 3.63) is 12.2 Å². The van der Waals surface area contributed by atoms with E-state index in [1.54, 1.807) is 13.0 Å². The normalized spacial score (nSPS) is 16.6. The first kappa shape index (κ1) is 9.97. The summed E-state index contributed by atoms with van der Waals surface area (Å²) in [5.41, 5.74) is 0. The van der Waals surface area contributed by atoms with Gasteiger partial charge in [-0.2, -0.15) is 0 Å². The first-order valence-corrected chi connectivity index (χ1v) is 4.11. The van der Waals surface area contributed by atoms with Gasteiger partial charge in [0.05, 0.1) is 6.42 Å². The van der Waals surface area contributed by atoms with Gasteiger partial charge in [0, 0.05) is 6.08 Å². The van der Waals surface area contributed by atoms with Gasteiger partial charge >= 0.3 is 5.97 Å². The summed E-state index contributed by atoms with van der Waals surface area (Å²) < 4.78 is 4.86. The molecule has 0 fully saturated rings. The van der Waals surface area contributed by atoms with Gasteiger partial charge in [-0.25, -0.2) is 4.79 Å². The summed E-state index contributed by atoms with van der Waals surface area (Å²) in [6, 6.07) is 0. The van der Waals surface area contributed by atoms with Crippen LogP contribution in [0.15, 0.2) is 12.2 Å². The molecule has 2 heteroatoms. The molecular weight excluding hydrogens is 176 g/mol. The van der Waals surface area contributed by atoms with Crippen molar-refractivity contribution < 1.29 is 9.53 Å². The van der Waals surface area contributed by atoms with E-state index in [4.69, 9.17) is 4.74 Å². The number of hydrogen-bond acceptors (Lipinski definition) is 2. The van der Waals surface area contributed by atoms with E-state index < -0.39 is 0 Å². The van der Waals surface area contributed by atoms with Crippen molar-refractivity contribution in [2.45, 2.75) is 19.4 Å². The van der Waals surface area contributed by atoms with E-state index in [1.165, 1.54) is 6.08 Å². The van der Waals surface area contributed by atoms with Crippen molar-refractivity contribution in [3.63, 3.8) is 0 Å². The van der Waals surface area contributed by atoms with Crippen LogP contribution in [0.2, 0.25) is 0 Å². The van der Waals surface area contributed by atoms with Crippen LogP contribution in [0.25, 0.3) is 0 Å². The molecule has 0 aromatic carbocycles. The zero-order chi connectivity index (χ0) is 10.2. The van der Waals surface area contributed by atoms with Gasteiger partial charge in [-0.05, 0) is 36.7 Å². The molecule has 0 amide bonds. The second-order valence-electron chi connectivity index (χ2n) is 2.47. The fourth-order valence-corrected chi connectivity index (χ4v) is 0.844. The zero-order valence-electron chi connectivity index (χ0n) is 7.76. The van der Waals surface area contributed by atoms with Crippen molar-refractivity contribution >= 4 is 5.97 Å². The predicted octanol–water partition coefficient (Wildman–Crippen LogP) is 0.888. The van der Waals surface area contributed by atoms with Crippen LogP contribution in [-0.4, -0.2) is 12.1 Å². The van der Waals surface area contributed by atoms with Gasteiger partial charge in [-0.3, -0.25) is 0 Å². The summed E-state index contributed by atoms with van der Waals surface area (Å²) in [6.07, 6.45) is 3.36. The topological polar surface area (TPSA) is 26.3 Å². The largest absolute Gasteiger partial charge is 0.454 e. The number of hydrogen-bond donors (Lipinski definition) is 0. The molecule has 0 bridgehead atoms. The average Bonchev–Trinajstić information content (AvgIpc) is 2.58. The molecule has 1 atom stereocenters. The molecule has 0 saturated heterocycles. The maximum atomic E-state index is 10.6. The highest BCUT2D eigenvalue weighted by Crippen LogP contribution is 2.07. The third kappa shape index (κ3) is 3.53. The first-order chi connectivity index (χ1) is 6.83. The Morgan fingerprint density at radius 2 is 2.14 bits per heavy atom. The third-order valence-electron chi connectivity index (χ3n) is 1.42. The SMILES string of the molecule is CC#CC#CC#CC[C@H]1C=CC(=O)O1. The Balaban J connectivity index is 2.33. The van der Waals surface area contributed by atoms with Gasteiger partial charge in [-0.1, -0.05) is 11.8 Å². The van der Waals surface area contributed by atoms with Crippen molar-refractivity contribution in [2.24, 2.45) is 0 Å². The fraction of sp³-hybridized carbons (Fsp3) is 0.250. The predicted molar refractivity (Wildman–Crippen MR) is 52.6 cm³/mol. The van der Waals surface area contributed by atoms with Crippen molar-refractivity contribution in [1.29, 1.82) is 0 Å². The van der Waals surface area contributed by atoms with Crippen molar-refractivity contribution in [1.82, 2.24) is 0 Å². The highest BCUT2D eigenvalue weighted by molar-refractivity contribution is 5.84. The van der Waals surface area contributed by atoms with E-state index in [9.17, 15) is 4.79 Å². The van der Waals surface area contributed by atoms with Crippen LogP contribution < -0.4 is 0 Å². The lowest BCUT2D eigenvalue weighted by Gasteiger charge is -2.01. The van der Waals surface area contributed by atoms with Crippen LogP contribution in [0.1, 0.15) is 13.3 Å². The molecule has 0 aromatic heterocycles. The highest BCUT2D eigenvalue weighted by atomic mass is 16.5. The van der Waals surface area contributed by atoms with Crippen LogP contribution in [-0.2, 0) is 9.53 Å². The van der Waals surface area contributed by atoms with E-state index in [0.29, 0.717) is 6.42 Å². The molecule has 0 N–H and O–H groups in total. The molecule has 0 unspecified atom stereocenters. The Morgan fingerprint density at radius 1 is 1.36 bits per heavy atom. The molecule has 14 heavy (non-hydrogen) atoms. The lowest BCUT2D eigenvalue weighted by atomic mass is 10.2. The van der Waals surface area contributed by atoms with Crippen LogP contribution in [0, 0.1) is 35.5 Å². The summed E-state index contributed by atoms with van der Waals surface area (Å²) in [4.78, 5) is 10.6. The lowest BCUT2D eigenvalue weighted by Crippen LogP contribution is -2.05. The molecule has 68 valence electrons. The lowest BCUT2D eigenvalue weighted by molar-refractivity contribution is -0.138. The molecule has 0 radical (unpaired) electrons. The summed E-state index contributed by atoms with van der Waals surface area (Å²) in [6.45, 7) is 1.71. The first-order valence-electron chi connectivity index (χ1n) is 4.11. The molecule has 0 saturated carbocycles. The molecule has 0 aromatic rings. The number of esters is 1. The van der Waals surface area contributed by atoms with E-state index in [1.807, 2.05) is 0 Å². The Bertz CT molecular complexity index is 424. The molecule has 1 heterocycles. The fourth-order valence-electron chi connectivity index (χ4n) is 0.844. The summed E-state index contributed by atoms with van der Waals surface area (Å²) in [7, 11) is 0. The van der Waals surface area contributed by atoms with Gasteiger partial charge < -0.3 is 4.74 Å². The average molecular weight is 184 g/mol. The number of carbonyl (C=O) groups excluding carboxylic acids is 1. The van der Waals surface area contributed by atoms with E-state index >= 15 is 0 Å². The van der Waals surface area contributed by atoms with Gasteiger partial charge in [0.2, 0.25) is 0 Å². The number of ether oxygens (including phenoxy) is 1. The minimum Gasteiger partial charge on any atom is -0.454 e. The van der Waals surface area contributed by atoms with E-state index in [0.717, 1.165) is 0 Å². The molecule has 1 aliphatic rings. The van der Waals surface area contributed by atoms with Gasteiger partial charge in [-0.15, -0.1) is 0 Å². The summed E-state index contributed by atoms with van der Waals surface area (Å²) >= 11 is 0. The summed E-state index contributed by atoms with van der Waals surface area (Å²) in [5, 5.41) is 0. The highest BCUT2D eigenvalue weighted by Gasteiger charge is 2.14. The van der Waals surface area contributed by atoms with Gasteiger partial charge in [0.1, 0.15) is 6.10 Å². The van der Waals surface area contributed by atoms with E-state index in [-0.39, 0.29) is 12.1 Å². The number of cyclic esters (lactones) is 1. The Morgan fingerprint density at radius 3 is 2.79 bits per heavy atom. The van der Waals surface area contributed by atoms with Crippen LogP contribution in [0.3, 0.4) is 0 Å². The smallest absolute Gasteiger partial charge is 0.331 e. The molecule has 2 nitrogen and oxygen atoms in total. The monoisotopic (exact) mass is 184 g/mol. The molecular formula is C12H8O2. The zero-order valence-corrected chi connectivity index (χ0v) is 7.76. The van der Waals surface area contributed by atoms with Crippen LogP contribution in [0.5, 0.6) is 0 Å². The second-order valence-corrected chi connectivity index (χ2v) is 2.47. The van der Waals surface area contributed by atoms with Crippen molar-refractivity contribution in [2.75, 3.05) is 0 Å². The Hall–Kier alpha value is -2.11. The number of rotatable bonds is 1. The van der Waals surface area contributed by atoms with Gasteiger partial charge in [0.25, 0.3) is 0 Å². The second kappa shape index (κ2) is 5.52. The van der Waals surface area contributed by atoms with Crippen LogP contribution in [0.4, 0.5) is 0 Å². The van der Waals surface area contributed by atoms with E-state index in [2.05, 4.69) is 35.5 Å².